The number of rotatable bonds is 3. The van der Waals surface area contributed by atoms with E-state index in [1.54, 1.807) is 0 Å². The molecule has 0 aliphatic carbocycles. The van der Waals surface area contributed by atoms with Crippen molar-refractivity contribution >= 4 is 5.84 Å². The van der Waals surface area contributed by atoms with Gasteiger partial charge in [-0.25, -0.2) is 0 Å². The zero-order valence-corrected chi connectivity index (χ0v) is 9.69. The van der Waals surface area contributed by atoms with E-state index in [-0.39, 0.29) is 5.92 Å². The summed E-state index contributed by atoms with van der Waals surface area (Å²) in [5.41, 5.74) is 6.93. The van der Waals surface area contributed by atoms with Crippen molar-refractivity contribution in [3.05, 3.63) is 35.9 Å². The molecule has 0 spiro atoms. The van der Waals surface area contributed by atoms with E-state index < -0.39 is 0 Å². The Hall–Kier alpha value is -1.35. The molecule has 3 nitrogen and oxygen atoms in total. The van der Waals surface area contributed by atoms with Crippen molar-refractivity contribution in [3.63, 3.8) is 0 Å². The fraction of sp³-hybridized carbons (Fsp3) is 0.462. The number of nitrogens with zero attached hydrogens (tertiary/aromatic N) is 1. The number of nitrogens with two attached hydrogens (primary N) is 1. The first-order valence-corrected chi connectivity index (χ1v) is 5.77. The highest BCUT2D eigenvalue weighted by Crippen LogP contribution is 2.24. The Labute approximate surface area is 96.8 Å². The van der Waals surface area contributed by atoms with Crippen LogP contribution in [0.2, 0.25) is 0 Å². The second-order valence-corrected chi connectivity index (χ2v) is 4.72. The number of hydrogen-bond acceptors (Lipinski definition) is 2. The molecule has 0 saturated carbocycles. The minimum absolute atomic E-state index is 0.240. The van der Waals surface area contributed by atoms with Gasteiger partial charge in [0.15, 0.2) is 0 Å². The molecule has 1 aromatic rings. The van der Waals surface area contributed by atoms with Crippen LogP contribution in [0.3, 0.4) is 0 Å². The molecule has 0 radical (unpaired) electrons. The lowest BCUT2D eigenvalue weighted by atomic mass is 9.97. The van der Waals surface area contributed by atoms with Crippen molar-refractivity contribution in [2.45, 2.75) is 13.5 Å². The van der Waals surface area contributed by atoms with Gasteiger partial charge in [0, 0.05) is 25.6 Å². The molecule has 2 rings (SSSR count). The second-order valence-electron chi connectivity index (χ2n) is 4.72. The van der Waals surface area contributed by atoms with Crippen LogP contribution in [-0.2, 0) is 6.54 Å². The Morgan fingerprint density at radius 2 is 2.06 bits per heavy atom. The van der Waals surface area contributed by atoms with Crippen LogP contribution in [0.15, 0.2) is 30.3 Å². The Morgan fingerprint density at radius 1 is 1.38 bits per heavy atom. The molecular formula is C13H19N3. The smallest absolute Gasteiger partial charge is 0.0953 e. The van der Waals surface area contributed by atoms with Gasteiger partial charge in [0.25, 0.3) is 0 Å². The summed E-state index contributed by atoms with van der Waals surface area (Å²) in [4.78, 5) is 2.38. The van der Waals surface area contributed by atoms with Crippen molar-refractivity contribution in [3.8, 4) is 0 Å². The number of nitrogens with one attached hydrogen (secondary N) is 1. The minimum Gasteiger partial charge on any atom is -0.387 e. The van der Waals surface area contributed by atoms with E-state index in [9.17, 15) is 0 Å². The second kappa shape index (κ2) is 4.66. The summed E-state index contributed by atoms with van der Waals surface area (Å²) in [5.74, 6) is 1.08. The fourth-order valence-corrected chi connectivity index (χ4v) is 2.44. The predicted octanol–water partition coefficient (Wildman–Crippen LogP) is 1.69. The van der Waals surface area contributed by atoms with Gasteiger partial charge in [-0.1, -0.05) is 37.3 Å². The standard InChI is InChI=1S/C13H19N3/c1-10-7-16(9-12(10)13(14)15)8-11-5-3-2-4-6-11/h2-6,10,12H,7-9H2,1H3,(H3,14,15)/t10-,12-/m0/s1. The zero-order valence-electron chi connectivity index (χ0n) is 9.69. The van der Waals surface area contributed by atoms with Crippen LogP contribution in [0, 0.1) is 17.2 Å². The summed E-state index contributed by atoms with van der Waals surface area (Å²) in [7, 11) is 0. The molecular weight excluding hydrogens is 198 g/mol. The van der Waals surface area contributed by atoms with Crippen molar-refractivity contribution in [1.29, 1.82) is 5.41 Å². The Kier molecular flexibility index (Phi) is 3.25. The molecule has 1 aromatic carbocycles. The molecule has 1 heterocycles. The lowest BCUT2D eigenvalue weighted by molar-refractivity contribution is 0.318. The molecule has 1 aliphatic heterocycles. The first-order chi connectivity index (χ1) is 7.66. The van der Waals surface area contributed by atoms with E-state index in [1.165, 1.54) is 5.56 Å². The van der Waals surface area contributed by atoms with Crippen molar-refractivity contribution in [2.75, 3.05) is 13.1 Å². The van der Waals surface area contributed by atoms with Gasteiger partial charge in [-0.2, -0.15) is 0 Å². The molecule has 3 heteroatoms. The van der Waals surface area contributed by atoms with Crippen LogP contribution in [0.25, 0.3) is 0 Å². The van der Waals surface area contributed by atoms with E-state index in [0.29, 0.717) is 11.8 Å². The highest BCUT2D eigenvalue weighted by atomic mass is 15.2. The summed E-state index contributed by atoms with van der Waals surface area (Å²) in [6.07, 6.45) is 0. The summed E-state index contributed by atoms with van der Waals surface area (Å²) in [6.45, 7) is 5.11. The Balaban J connectivity index is 1.96. The average Bonchev–Trinajstić information content (AvgIpc) is 2.61. The van der Waals surface area contributed by atoms with Crippen LogP contribution >= 0.6 is 0 Å². The number of likely N-dealkylation sites (tertiary alicyclic amines) is 1. The topological polar surface area (TPSA) is 53.1 Å². The maximum Gasteiger partial charge on any atom is 0.0953 e. The first-order valence-electron chi connectivity index (χ1n) is 5.77. The van der Waals surface area contributed by atoms with Gasteiger partial charge in [0.2, 0.25) is 0 Å². The highest BCUT2D eigenvalue weighted by Gasteiger charge is 2.31. The van der Waals surface area contributed by atoms with E-state index in [2.05, 4.69) is 36.1 Å². The van der Waals surface area contributed by atoms with E-state index in [4.69, 9.17) is 11.1 Å². The van der Waals surface area contributed by atoms with E-state index in [0.717, 1.165) is 19.6 Å². The first kappa shape index (κ1) is 11.1. The van der Waals surface area contributed by atoms with Gasteiger partial charge in [0.1, 0.15) is 0 Å². The van der Waals surface area contributed by atoms with Crippen LogP contribution in [0.4, 0.5) is 0 Å². The van der Waals surface area contributed by atoms with Crippen molar-refractivity contribution in [1.82, 2.24) is 4.90 Å². The van der Waals surface area contributed by atoms with Crippen LogP contribution in [0.1, 0.15) is 12.5 Å². The lowest BCUT2D eigenvalue weighted by Gasteiger charge is -2.15. The summed E-state index contributed by atoms with van der Waals surface area (Å²) in [6, 6.07) is 10.5. The molecule has 16 heavy (non-hydrogen) atoms. The van der Waals surface area contributed by atoms with E-state index in [1.807, 2.05) is 6.07 Å². The molecule has 1 saturated heterocycles. The van der Waals surface area contributed by atoms with Gasteiger partial charge < -0.3 is 5.73 Å². The predicted molar refractivity (Wildman–Crippen MR) is 66.3 cm³/mol. The third kappa shape index (κ3) is 2.42. The molecule has 0 aromatic heterocycles. The van der Waals surface area contributed by atoms with Gasteiger partial charge in [-0.15, -0.1) is 0 Å². The largest absolute Gasteiger partial charge is 0.387 e. The monoisotopic (exact) mass is 217 g/mol. The Morgan fingerprint density at radius 3 is 2.62 bits per heavy atom. The molecule has 86 valence electrons. The van der Waals surface area contributed by atoms with Crippen molar-refractivity contribution in [2.24, 2.45) is 17.6 Å². The van der Waals surface area contributed by atoms with E-state index >= 15 is 0 Å². The molecule has 0 amide bonds. The lowest BCUT2D eigenvalue weighted by Crippen LogP contribution is -2.28. The molecule has 1 aliphatic rings. The third-order valence-electron chi connectivity index (χ3n) is 3.34. The normalized spacial score (nSPS) is 25.8. The van der Waals surface area contributed by atoms with Gasteiger partial charge in [0.05, 0.1) is 5.84 Å². The number of hydrogen-bond donors (Lipinski definition) is 2. The highest BCUT2D eigenvalue weighted by molar-refractivity contribution is 5.80. The molecule has 3 N–H and O–H groups in total. The van der Waals surface area contributed by atoms with Gasteiger partial charge in [-0.3, -0.25) is 10.3 Å². The molecule has 2 atom stereocenters. The third-order valence-corrected chi connectivity index (χ3v) is 3.34. The zero-order chi connectivity index (χ0) is 11.5. The maximum atomic E-state index is 7.54. The average molecular weight is 217 g/mol. The molecule has 0 bridgehead atoms. The van der Waals surface area contributed by atoms with Gasteiger partial charge in [-0.05, 0) is 11.5 Å². The SMILES string of the molecule is C[C@H]1CN(Cc2ccccc2)C[C@@H]1C(=N)N. The molecule has 0 unspecified atom stereocenters. The number of amidine groups is 1. The maximum absolute atomic E-state index is 7.54. The Bertz CT molecular complexity index is 361. The summed E-state index contributed by atoms with van der Waals surface area (Å²) >= 11 is 0. The van der Waals surface area contributed by atoms with Crippen LogP contribution in [0.5, 0.6) is 0 Å². The molecule has 1 fully saturated rings. The summed E-state index contributed by atoms with van der Waals surface area (Å²) < 4.78 is 0. The fourth-order valence-electron chi connectivity index (χ4n) is 2.44. The quantitative estimate of drug-likeness (QED) is 0.598. The van der Waals surface area contributed by atoms with Gasteiger partial charge >= 0.3 is 0 Å². The number of benzene rings is 1. The van der Waals surface area contributed by atoms with Crippen LogP contribution < -0.4 is 5.73 Å². The minimum atomic E-state index is 0.240. The summed E-state index contributed by atoms with van der Waals surface area (Å²) in [5, 5.41) is 7.54. The van der Waals surface area contributed by atoms with Crippen LogP contribution in [-0.4, -0.2) is 23.8 Å². The van der Waals surface area contributed by atoms with Crippen molar-refractivity contribution < 1.29 is 0 Å².